The SMILES string of the molecule is COC1CCCC1CC(=O)O. The number of hydrogen-bond donors (Lipinski definition) is 1. The van der Waals surface area contributed by atoms with Gasteiger partial charge in [0.05, 0.1) is 12.5 Å². The Labute approximate surface area is 66.4 Å². The van der Waals surface area contributed by atoms with Crippen molar-refractivity contribution in [2.24, 2.45) is 5.92 Å². The molecule has 0 spiro atoms. The van der Waals surface area contributed by atoms with Crippen LogP contribution >= 0.6 is 0 Å². The fraction of sp³-hybridized carbons (Fsp3) is 0.875. The van der Waals surface area contributed by atoms with E-state index in [0.717, 1.165) is 19.3 Å². The van der Waals surface area contributed by atoms with Crippen molar-refractivity contribution < 1.29 is 14.6 Å². The van der Waals surface area contributed by atoms with Crippen LogP contribution in [0.5, 0.6) is 0 Å². The Bertz CT molecular complexity index is 144. The van der Waals surface area contributed by atoms with Crippen LogP contribution in [-0.2, 0) is 9.53 Å². The summed E-state index contributed by atoms with van der Waals surface area (Å²) in [4.78, 5) is 10.4. The van der Waals surface area contributed by atoms with Crippen LogP contribution in [0.1, 0.15) is 25.7 Å². The van der Waals surface area contributed by atoms with Gasteiger partial charge in [-0.3, -0.25) is 4.79 Å². The number of carboxylic acids is 1. The van der Waals surface area contributed by atoms with Gasteiger partial charge in [0.25, 0.3) is 0 Å². The highest BCUT2D eigenvalue weighted by atomic mass is 16.5. The zero-order valence-electron chi connectivity index (χ0n) is 6.75. The van der Waals surface area contributed by atoms with Crippen molar-refractivity contribution >= 4 is 5.97 Å². The lowest BCUT2D eigenvalue weighted by Crippen LogP contribution is -2.19. The molecule has 2 atom stereocenters. The Morgan fingerprint density at radius 3 is 2.91 bits per heavy atom. The van der Waals surface area contributed by atoms with Gasteiger partial charge in [0.1, 0.15) is 0 Å². The summed E-state index contributed by atoms with van der Waals surface area (Å²) < 4.78 is 5.16. The summed E-state index contributed by atoms with van der Waals surface area (Å²) >= 11 is 0. The molecule has 3 heteroatoms. The average Bonchev–Trinajstić information content (AvgIpc) is 2.34. The smallest absolute Gasteiger partial charge is 0.303 e. The fourth-order valence-electron chi connectivity index (χ4n) is 1.77. The number of hydrogen-bond acceptors (Lipinski definition) is 2. The molecule has 1 rings (SSSR count). The second-order valence-electron chi connectivity index (χ2n) is 3.06. The molecule has 0 radical (unpaired) electrons. The van der Waals surface area contributed by atoms with Crippen molar-refractivity contribution in [2.75, 3.05) is 7.11 Å². The summed E-state index contributed by atoms with van der Waals surface area (Å²) in [5, 5.41) is 8.53. The molecule has 64 valence electrons. The Balaban J connectivity index is 2.37. The highest BCUT2D eigenvalue weighted by molar-refractivity contribution is 5.67. The third-order valence-electron chi connectivity index (χ3n) is 2.33. The van der Waals surface area contributed by atoms with Crippen LogP contribution in [0.25, 0.3) is 0 Å². The molecule has 0 aromatic carbocycles. The van der Waals surface area contributed by atoms with Crippen LogP contribution in [0.2, 0.25) is 0 Å². The van der Waals surface area contributed by atoms with Crippen LogP contribution in [-0.4, -0.2) is 24.3 Å². The summed E-state index contributed by atoms with van der Waals surface area (Å²) in [6, 6.07) is 0. The first-order valence-electron chi connectivity index (χ1n) is 3.98. The number of carboxylic acid groups (broad SMARTS) is 1. The second kappa shape index (κ2) is 3.72. The van der Waals surface area contributed by atoms with E-state index in [4.69, 9.17) is 9.84 Å². The molecule has 11 heavy (non-hydrogen) atoms. The minimum Gasteiger partial charge on any atom is -0.481 e. The van der Waals surface area contributed by atoms with Gasteiger partial charge in [0.15, 0.2) is 0 Å². The summed E-state index contributed by atoms with van der Waals surface area (Å²) in [7, 11) is 1.66. The van der Waals surface area contributed by atoms with Gasteiger partial charge in [0.2, 0.25) is 0 Å². The number of ether oxygens (including phenoxy) is 1. The van der Waals surface area contributed by atoms with Gasteiger partial charge >= 0.3 is 5.97 Å². The topological polar surface area (TPSA) is 46.5 Å². The van der Waals surface area contributed by atoms with E-state index >= 15 is 0 Å². The summed E-state index contributed by atoms with van der Waals surface area (Å²) in [6.07, 6.45) is 3.58. The van der Waals surface area contributed by atoms with E-state index in [-0.39, 0.29) is 18.4 Å². The highest BCUT2D eigenvalue weighted by Crippen LogP contribution is 2.30. The molecule has 0 aromatic rings. The van der Waals surface area contributed by atoms with E-state index in [1.165, 1.54) is 0 Å². The van der Waals surface area contributed by atoms with Crippen LogP contribution < -0.4 is 0 Å². The van der Waals surface area contributed by atoms with E-state index in [2.05, 4.69) is 0 Å². The third kappa shape index (κ3) is 2.19. The van der Waals surface area contributed by atoms with Gasteiger partial charge < -0.3 is 9.84 Å². The Kier molecular flexibility index (Phi) is 2.88. The maximum atomic E-state index is 10.4. The number of rotatable bonds is 3. The molecule has 0 saturated heterocycles. The molecule has 3 nitrogen and oxygen atoms in total. The number of carbonyl (C=O) groups is 1. The molecular weight excluding hydrogens is 144 g/mol. The van der Waals surface area contributed by atoms with Crippen LogP contribution in [0.15, 0.2) is 0 Å². The van der Waals surface area contributed by atoms with Crippen molar-refractivity contribution in [3.05, 3.63) is 0 Å². The molecule has 0 amide bonds. The first kappa shape index (κ1) is 8.53. The fourth-order valence-corrected chi connectivity index (χ4v) is 1.77. The van der Waals surface area contributed by atoms with Gasteiger partial charge in [-0.2, -0.15) is 0 Å². The Hall–Kier alpha value is -0.570. The van der Waals surface area contributed by atoms with Gasteiger partial charge in [-0.05, 0) is 18.8 Å². The van der Waals surface area contributed by atoms with Crippen molar-refractivity contribution in [3.8, 4) is 0 Å². The molecule has 1 aliphatic carbocycles. The normalized spacial score (nSPS) is 30.6. The minimum absolute atomic E-state index is 0.186. The lowest BCUT2D eigenvalue weighted by atomic mass is 10.0. The van der Waals surface area contributed by atoms with Gasteiger partial charge in [-0.25, -0.2) is 0 Å². The van der Waals surface area contributed by atoms with Crippen LogP contribution in [0, 0.1) is 5.92 Å². The van der Waals surface area contributed by atoms with Gasteiger partial charge in [0, 0.05) is 7.11 Å². The molecule has 0 aromatic heterocycles. The van der Waals surface area contributed by atoms with Crippen molar-refractivity contribution in [3.63, 3.8) is 0 Å². The molecular formula is C8H14O3. The van der Waals surface area contributed by atoms with Gasteiger partial charge in [-0.15, -0.1) is 0 Å². The molecule has 1 aliphatic rings. The van der Waals surface area contributed by atoms with Crippen LogP contribution in [0.4, 0.5) is 0 Å². The molecule has 0 aliphatic heterocycles. The summed E-state index contributed by atoms with van der Waals surface area (Å²) in [5.74, 6) is -0.462. The first-order chi connectivity index (χ1) is 5.24. The van der Waals surface area contributed by atoms with E-state index < -0.39 is 5.97 Å². The van der Waals surface area contributed by atoms with Crippen molar-refractivity contribution in [1.82, 2.24) is 0 Å². The lowest BCUT2D eigenvalue weighted by Gasteiger charge is -2.15. The van der Waals surface area contributed by atoms with E-state index in [1.807, 2.05) is 0 Å². The molecule has 2 unspecified atom stereocenters. The maximum absolute atomic E-state index is 10.4. The predicted octanol–water partition coefficient (Wildman–Crippen LogP) is 1.28. The van der Waals surface area contributed by atoms with Crippen molar-refractivity contribution in [1.29, 1.82) is 0 Å². The largest absolute Gasteiger partial charge is 0.481 e. The standard InChI is InChI=1S/C8H14O3/c1-11-7-4-2-3-6(7)5-8(9)10/h6-7H,2-5H2,1H3,(H,9,10). The quantitative estimate of drug-likeness (QED) is 0.673. The third-order valence-corrected chi connectivity index (χ3v) is 2.33. The molecule has 1 saturated carbocycles. The monoisotopic (exact) mass is 158 g/mol. The lowest BCUT2D eigenvalue weighted by molar-refractivity contribution is -0.139. The summed E-state index contributed by atoms with van der Waals surface area (Å²) in [6.45, 7) is 0. The minimum atomic E-state index is -0.709. The second-order valence-corrected chi connectivity index (χ2v) is 3.06. The summed E-state index contributed by atoms with van der Waals surface area (Å²) in [5.41, 5.74) is 0. The van der Waals surface area contributed by atoms with Crippen molar-refractivity contribution in [2.45, 2.75) is 31.8 Å². The van der Waals surface area contributed by atoms with E-state index in [1.54, 1.807) is 7.11 Å². The predicted molar refractivity (Wildman–Crippen MR) is 40.4 cm³/mol. The highest BCUT2D eigenvalue weighted by Gasteiger charge is 2.28. The Morgan fingerprint density at radius 2 is 2.36 bits per heavy atom. The Morgan fingerprint density at radius 1 is 1.64 bits per heavy atom. The molecule has 1 fully saturated rings. The zero-order chi connectivity index (χ0) is 8.27. The molecule has 1 N–H and O–H groups in total. The van der Waals surface area contributed by atoms with E-state index in [0.29, 0.717) is 0 Å². The maximum Gasteiger partial charge on any atom is 0.303 e. The van der Waals surface area contributed by atoms with E-state index in [9.17, 15) is 4.79 Å². The van der Waals surface area contributed by atoms with Gasteiger partial charge in [-0.1, -0.05) is 6.42 Å². The molecule has 0 bridgehead atoms. The average molecular weight is 158 g/mol. The first-order valence-corrected chi connectivity index (χ1v) is 3.98. The number of methoxy groups -OCH3 is 1. The zero-order valence-corrected chi connectivity index (χ0v) is 6.75. The number of aliphatic carboxylic acids is 1. The molecule has 0 heterocycles. The van der Waals surface area contributed by atoms with Crippen LogP contribution in [0.3, 0.4) is 0 Å².